The average molecular weight is 389 g/mol. The molecule has 0 spiro atoms. The predicted molar refractivity (Wildman–Crippen MR) is 104 cm³/mol. The molecule has 8 heteroatoms. The van der Waals surface area contributed by atoms with E-state index in [0.717, 1.165) is 43.1 Å². The molecule has 0 aromatic heterocycles. The molecular weight excluding hydrogens is 356 g/mol. The van der Waals surface area contributed by atoms with Gasteiger partial charge in [0.25, 0.3) is 0 Å². The van der Waals surface area contributed by atoms with Gasteiger partial charge in [0, 0.05) is 18.2 Å². The van der Waals surface area contributed by atoms with E-state index < -0.39 is 17.9 Å². The number of carbonyl (C=O) groups excluding carboxylic acids is 2. The lowest BCUT2D eigenvalue weighted by atomic mass is 9.95. The predicted octanol–water partition coefficient (Wildman–Crippen LogP) is 2.23. The third-order valence-corrected chi connectivity index (χ3v) is 4.94. The molecule has 1 rings (SSSR count). The molecule has 0 aromatic carbocycles. The summed E-state index contributed by atoms with van der Waals surface area (Å²) in [6, 6.07) is -0.643. The second-order valence-electron chi connectivity index (χ2n) is 6.34. The van der Waals surface area contributed by atoms with Crippen molar-refractivity contribution in [1.82, 2.24) is 10.6 Å². The maximum atomic E-state index is 11.9. The van der Waals surface area contributed by atoms with Crippen LogP contribution in [0.25, 0.3) is 0 Å². The number of thioether (sulfide) groups is 1. The highest BCUT2D eigenvalue weighted by Gasteiger charge is 2.42. The monoisotopic (exact) mass is 388 g/mol. The second kappa shape index (κ2) is 13.1. The van der Waals surface area contributed by atoms with Gasteiger partial charge >= 0.3 is 6.09 Å². The Morgan fingerprint density at radius 2 is 2.23 bits per heavy atom. The molecule has 0 saturated carbocycles. The van der Waals surface area contributed by atoms with Crippen LogP contribution in [0.15, 0.2) is 12.2 Å². The molecule has 1 fully saturated rings. The van der Waals surface area contributed by atoms with Gasteiger partial charge in [0.15, 0.2) is 11.4 Å². The molecule has 1 aliphatic rings. The van der Waals surface area contributed by atoms with Gasteiger partial charge in [-0.25, -0.2) is 4.79 Å². The lowest BCUT2D eigenvalue weighted by Gasteiger charge is -2.41. The van der Waals surface area contributed by atoms with Gasteiger partial charge in [-0.05, 0) is 32.7 Å². The van der Waals surface area contributed by atoms with Gasteiger partial charge in [0.2, 0.25) is 0 Å². The lowest BCUT2D eigenvalue weighted by Crippen LogP contribution is -2.59. The van der Waals surface area contributed by atoms with Crippen LogP contribution in [-0.4, -0.2) is 60.7 Å². The maximum absolute atomic E-state index is 11.9. The third kappa shape index (κ3) is 8.53. The molecular formula is C18H32N2O5S. The van der Waals surface area contributed by atoms with Crippen molar-refractivity contribution >= 4 is 23.5 Å². The summed E-state index contributed by atoms with van der Waals surface area (Å²) >= 11 is 1.07. The Kier molecular flexibility index (Phi) is 11.6. The first-order valence-corrected chi connectivity index (χ1v) is 10.3. The molecule has 1 saturated heterocycles. The number of alkyl carbamates (subject to hydrolysis) is 1. The summed E-state index contributed by atoms with van der Waals surface area (Å²) in [5, 5.41) is 16.5. The van der Waals surface area contributed by atoms with Crippen LogP contribution in [0.5, 0.6) is 0 Å². The molecule has 3 atom stereocenters. The van der Waals surface area contributed by atoms with Crippen molar-refractivity contribution in [3.63, 3.8) is 0 Å². The number of hydrogen-bond donors (Lipinski definition) is 3. The molecule has 1 aliphatic heterocycles. The van der Waals surface area contributed by atoms with Crippen molar-refractivity contribution in [2.45, 2.75) is 63.3 Å². The van der Waals surface area contributed by atoms with Gasteiger partial charge in [-0.15, -0.1) is 0 Å². The Morgan fingerprint density at radius 1 is 1.46 bits per heavy atom. The number of unbranched alkanes of at least 4 members (excludes halogenated alkanes) is 2. The zero-order valence-electron chi connectivity index (χ0n) is 15.7. The van der Waals surface area contributed by atoms with Crippen molar-refractivity contribution < 1.29 is 24.2 Å². The van der Waals surface area contributed by atoms with Gasteiger partial charge in [-0.1, -0.05) is 37.3 Å². The number of rotatable bonds is 12. The largest absolute Gasteiger partial charge is 0.450 e. The van der Waals surface area contributed by atoms with Gasteiger partial charge in [-0.3, -0.25) is 4.79 Å². The standard InChI is InChI=1S/C18H32N2O5S/c1-3-4-5-6-7-8-10-24-17(22)20-15-9-11-25-18(23,12-15)16(19-2)13-26-14-21/h5-6,14-16,19,23H,3-4,7-13H2,1-2H3,(H,20,22)/b6-5-. The summed E-state index contributed by atoms with van der Waals surface area (Å²) in [6.45, 7) is 2.83. The zero-order chi connectivity index (χ0) is 19.3. The minimum absolute atomic E-state index is 0.234. The van der Waals surface area contributed by atoms with Gasteiger partial charge in [0.05, 0.1) is 19.3 Å². The minimum Gasteiger partial charge on any atom is -0.450 e. The third-order valence-electron chi connectivity index (χ3n) is 4.27. The van der Waals surface area contributed by atoms with Crippen molar-refractivity contribution in [3.05, 3.63) is 12.2 Å². The van der Waals surface area contributed by atoms with Crippen LogP contribution in [0.1, 0.15) is 45.4 Å². The number of nitrogens with one attached hydrogen (secondary N) is 2. The first-order chi connectivity index (χ1) is 12.6. The van der Waals surface area contributed by atoms with E-state index in [1.165, 1.54) is 0 Å². The number of ether oxygens (including phenoxy) is 2. The first kappa shape index (κ1) is 23.0. The van der Waals surface area contributed by atoms with Gasteiger partial charge < -0.3 is 25.2 Å². The summed E-state index contributed by atoms with van der Waals surface area (Å²) in [5.41, 5.74) is 0.737. The SMILES string of the molecule is CCC/C=C\CCCOC(=O)NC1CCOC(O)(C(CSC=O)NC)C1. The Bertz CT molecular complexity index is 449. The molecule has 7 nitrogen and oxygen atoms in total. The lowest BCUT2D eigenvalue weighted by molar-refractivity contribution is -0.242. The van der Waals surface area contributed by atoms with Gasteiger partial charge in [0.1, 0.15) is 0 Å². The molecule has 0 aromatic rings. The topological polar surface area (TPSA) is 96.9 Å². The van der Waals surface area contributed by atoms with E-state index in [1.54, 1.807) is 7.05 Å². The molecule has 0 aliphatic carbocycles. The summed E-state index contributed by atoms with van der Waals surface area (Å²) in [6.07, 6.45) is 8.52. The van der Waals surface area contributed by atoms with E-state index in [0.29, 0.717) is 25.4 Å². The fourth-order valence-electron chi connectivity index (χ4n) is 2.81. The Labute approximate surface area is 160 Å². The minimum atomic E-state index is -1.43. The number of aliphatic hydroxyl groups is 1. The molecule has 0 radical (unpaired) electrons. The van der Waals surface area contributed by atoms with Crippen LogP contribution >= 0.6 is 11.8 Å². The number of hydrogen-bond acceptors (Lipinski definition) is 7. The normalized spacial score (nSPS) is 24.3. The van der Waals surface area contributed by atoms with E-state index in [-0.39, 0.29) is 12.5 Å². The number of carbonyl (C=O) groups is 2. The van der Waals surface area contributed by atoms with E-state index in [2.05, 4.69) is 29.7 Å². The Hall–Kier alpha value is -1.09. The first-order valence-electron chi connectivity index (χ1n) is 9.22. The Balaban J connectivity index is 2.35. The summed E-state index contributed by atoms with van der Waals surface area (Å²) in [7, 11) is 1.71. The molecule has 1 heterocycles. The van der Waals surface area contributed by atoms with Crippen molar-refractivity contribution in [3.8, 4) is 0 Å². The number of likely N-dealkylation sites (N-methyl/N-ethyl adjacent to an activating group) is 1. The summed E-state index contributed by atoms with van der Waals surface area (Å²) in [4.78, 5) is 22.5. The van der Waals surface area contributed by atoms with Crippen LogP contribution in [-0.2, 0) is 14.3 Å². The van der Waals surface area contributed by atoms with Crippen LogP contribution in [0.4, 0.5) is 4.79 Å². The van der Waals surface area contributed by atoms with Crippen molar-refractivity contribution in [1.29, 1.82) is 0 Å². The molecule has 3 unspecified atom stereocenters. The highest BCUT2D eigenvalue weighted by molar-refractivity contribution is 8.11. The van der Waals surface area contributed by atoms with Crippen LogP contribution in [0.2, 0.25) is 0 Å². The fraction of sp³-hybridized carbons (Fsp3) is 0.778. The van der Waals surface area contributed by atoms with Crippen molar-refractivity contribution in [2.24, 2.45) is 0 Å². The second-order valence-corrected chi connectivity index (χ2v) is 7.20. The molecule has 150 valence electrons. The maximum Gasteiger partial charge on any atom is 0.407 e. The smallest absolute Gasteiger partial charge is 0.407 e. The summed E-state index contributed by atoms with van der Waals surface area (Å²) < 4.78 is 10.7. The van der Waals surface area contributed by atoms with E-state index in [9.17, 15) is 14.7 Å². The van der Waals surface area contributed by atoms with E-state index in [4.69, 9.17) is 9.47 Å². The van der Waals surface area contributed by atoms with Gasteiger partial charge in [-0.2, -0.15) is 0 Å². The average Bonchev–Trinajstić information content (AvgIpc) is 2.61. The molecule has 3 N–H and O–H groups in total. The summed E-state index contributed by atoms with van der Waals surface area (Å²) in [5.74, 6) is -1.04. The van der Waals surface area contributed by atoms with Crippen LogP contribution in [0, 0.1) is 0 Å². The highest BCUT2D eigenvalue weighted by Crippen LogP contribution is 2.27. The molecule has 0 bridgehead atoms. The Morgan fingerprint density at radius 3 is 2.92 bits per heavy atom. The number of allylic oxidation sites excluding steroid dienone is 2. The number of amides is 1. The zero-order valence-corrected chi connectivity index (χ0v) is 16.6. The molecule has 26 heavy (non-hydrogen) atoms. The van der Waals surface area contributed by atoms with E-state index >= 15 is 0 Å². The van der Waals surface area contributed by atoms with Crippen LogP contribution < -0.4 is 10.6 Å². The molecule has 1 amide bonds. The van der Waals surface area contributed by atoms with Crippen LogP contribution in [0.3, 0.4) is 0 Å². The quantitative estimate of drug-likeness (QED) is 0.268. The van der Waals surface area contributed by atoms with Crippen molar-refractivity contribution in [2.75, 3.05) is 26.0 Å². The fourth-order valence-corrected chi connectivity index (χ4v) is 3.51. The highest BCUT2D eigenvalue weighted by atomic mass is 32.2. The van der Waals surface area contributed by atoms with E-state index in [1.807, 2.05) is 0 Å².